The maximum absolute atomic E-state index is 10.2. The molecule has 2 aliphatic rings. The van der Waals surface area contributed by atoms with Gasteiger partial charge in [-0.1, -0.05) is 20.8 Å². The van der Waals surface area contributed by atoms with E-state index in [1.54, 1.807) is 20.8 Å². The number of hydrogen-bond acceptors (Lipinski definition) is 8. The van der Waals surface area contributed by atoms with Gasteiger partial charge in [0.1, 0.15) is 24.4 Å². The third-order valence-electron chi connectivity index (χ3n) is 5.77. The Morgan fingerprint density at radius 1 is 0.565 bits per heavy atom. The fraction of sp³-hybridized carbons (Fsp3) is 1.00. The second kappa shape index (κ2) is 6.89. The van der Waals surface area contributed by atoms with E-state index in [1.165, 1.54) is 0 Å². The highest BCUT2D eigenvalue weighted by atomic mass is 16.5. The van der Waals surface area contributed by atoms with Crippen molar-refractivity contribution in [1.29, 1.82) is 0 Å². The molecule has 0 radical (unpaired) electrons. The first-order chi connectivity index (χ1) is 10.6. The Hall–Kier alpha value is -0.320. The van der Waals surface area contributed by atoms with Crippen LogP contribution in [0.4, 0.5) is 0 Å². The average Bonchev–Trinajstić information content (AvgIpc) is 2.54. The molecule has 0 aromatic heterocycles. The molecule has 0 aliphatic heterocycles. The van der Waals surface area contributed by atoms with E-state index in [4.69, 9.17) is 10.5 Å². The zero-order valence-corrected chi connectivity index (χ0v) is 13.6. The molecule has 12 unspecified atom stereocenters. The maximum Gasteiger partial charge on any atom is 0.109 e. The van der Waals surface area contributed by atoms with Crippen LogP contribution in [0.1, 0.15) is 20.8 Å². The molecule has 8 nitrogen and oxygen atoms in total. The van der Waals surface area contributed by atoms with E-state index in [9.17, 15) is 30.6 Å². The Morgan fingerprint density at radius 2 is 1.04 bits per heavy atom. The van der Waals surface area contributed by atoms with Gasteiger partial charge in [-0.2, -0.15) is 0 Å². The van der Waals surface area contributed by atoms with Crippen molar-refractivity contribution in [2.45, 2.75) is 75.6 Å². The van der Waals surface area contributed by atoms with E-state index < -0.39 is 60.8 Å². The Balaban J connectivity index is 2.19. The molecule has 0 heterocycles. The molecule has 12 atom stereocenters. The van der Waals surface area contributed by atoms with E-state index in [0.29, 0.717) is 0 Å². The molecule has 2 rings (SSSR count). The van der Waals surface area contributed by atoms with Gasteiger partial charge in [-0.15, -0.1) is 0 Å². The van der Waals surface area contributed by atoms with Crippen LogP contribution in [0, 0.1) is 17.8 Å². The first kappa shape index (κ1) is 19.0. The van der Waals surface area contributed by atoms with Crippen LogP contribution in [0.5, 0.6) is 0 Å². The maximum atomic E-state index is 10.2. The summed E-state index contributed by atoms with van der Waals surface area (Å²) >= 11 is 0. The molecule has 0 spiro atoms. The van der Waals surface area contributed by atoms with Gasteiger partial charge in [0, 0.05) is 5.92 Å². The van der Waals surface area contributed by atoms with Crippen LogP contribution < -0.4 is 5.73 Å². The summed E-state index contributed by atoms with van der Waals surface area (Å²) in [6.45, 7) is 5.06. The minimum absolute atomic E-state index is 0.323. The summed E-state index contributed by atoms with van der Waals surface area (Å²) in [5.74, 6) is -1.28. The highest BCUT2D eigenvalue weighted by molar-refractivity contribution is 5.02. The Kier molecular flexibility index (Phi) is 5.70. The quantitative estimate of drug-likeness (QED) is 0.285. The zero-order valence-electron chi connectivity index (χ0n) is 13.6. The van der Waals surface area contributed by atoms with E-state index in [2.05, 4.69) is 0 Å². The van der Waals surface area contributed by atoms with Gasteiger partial charge in [0.2, 0.25) is 0 Å². The fourth-order valence-electron chi connectivity index (χ4n) is 3.67. The Bertz CT molecular complexity index is 343. The van der Waals surface area contributed by atoms with Gasteiger partial charge in [-0.05, 0) is 11.8 Å². The summed E-state index contributed by atoms with van der Waals surface area (Å²) in [5, 5.41) is 60.4. The van der Waals surface area contributed by atoms with Gasteiger partial charge in [-0.25, -0.2) is 0 Å². The van der Waals surface area contributed by atoms with Crippen LogP contribution in [-0.4, -0.2) is 85.5 Å². The summed E-state index contributed by atoms with van der Waals surface area (Å²) in [6, 6.07) is -0.943. The van der Waals surface area contributed by atoms with Crippen LogP contribution in [0.2, 0.25) is 0 Å². The lowest BCUT2D eigenvalue weighted by molar-refractivity contribution is -0.243. The molecule has 23 heavy (non-hydrogen) atoms. The first-order valence-electron chi connectivity index (χ1n) is 8.09. The largest absolute Gasteiger partial charge is 0.391 e. The molecule has 0 bridgehead atoms. The second-order valence-corrected chi connectivity index (χ2v) is 7.16. The van der Waals surface area contributed by atoms with Crippen LogP contribution >= 0.6 is 0 Å². The number of nitrogens with two attached hydrogens (primary N) is 1. The summed E-state index contributed by atoms with van der Waals surface area (Å²) in [4.78, 5) is 0. The van der Waals surface area contributed by atoms with Crippen LogP contribution in [0.15, 0.2) is 0 Å². The molecule has 2 saturated carbocycles. The van der Waals surface area contributed by atoms with Crippen molar-refractivity contribution in [3.63, 3.8) is 0 Å². The summed E-state index contributed by atoms with van der Waals surface area (Å²) < 4.78 is 5.74. The lowest BCUT2D eigenvalue weighted by atomic mass is 9.73. The molecule has 0 aromatic carbocycles. The number of aliphatic hydroxyl groups is 6. The van der Waals surface area contributed by atoms with E-state index in [0.717, 1.165) is 0 Å². The predicted octanol–water partition coefficient (Wildman–Crippen LogP) is -2.83. The number of ether oxygens (including phenoxy) is 1. The van der Waals surface area contributed by atoms with Gasteiger partial charge in [0.15, 0.2) is 0 Å². The van der Waals surface area contributed by atoms with Crippen LogP contribution in [0.25, 0.3) is 0 Å². The highest BCUT2D eigenvalue weighted by Gasteiger charge is 2.51. The molecule has 0 saturated heterocycles. The van der Waals surface area contributed by atoms with Crippen LogP contribution in [-0.2, 0) is 4.74 Å². The van der Waals surface area contributed by atoms with E-state index >= 15 is 0 Å². The lowest BCUT2D eigenvalue weighted by Crippen LogP contribution is -2.67. The number of hydrogen-bond donors (Lipinski definition) is 7. The lowest BCUT2D eigenvalue weighted by Gasteiger charge is -2.49. The smallest absolute Gasteiger partial charge is 0.109 e. The van der Waals surface area contributed by atoms with Crippen molar-refractivity contribution in [2.24, 2.45) is 23.5 Å². The molecular formula is C15H29NO7. The molecule has 0 aromatic rings. The summed E-state index contributed by atoms with van der Waals surface area (Å²) in [7, 11) is 0. The zero-order chi connectivity index (χ0) is 17.6. The third-order valence-corrected chi connectivity index (χ3v) is 5.77. The molecule has 8 heteroatoms. The topological polar surface area (TPSA) is 157 Å². The minimum atomic E-state index is -1.38. The van der Waals surface area contributed by atoms with Crippen molar-refractivity contribution in [1.82, 2.24) is 0 Å². The van der Waals surface area contributed by atoms with E-state index in [-0.39, 0.29) is 11.8 Å². The molecule has 8 N–H and O–H groups in total. The average molecular weight is 335 g/mol. The molecule has 2 aliphatic carbocycles. The Labute approximate surface area is 135 Å². The van der Waals surface area contributed by atoms with Crippen molar-refractivity contribution in [3.8, 4) is 0 Å². The monoisotopic (exact) mass is 335 g/mol. The van der Waals surface area contributed by atoms with Crippen molar-refractivity contribution < 1.29 is 35.4 Å². The van der Waals surface area contributed by atoms with Crippen molar-refractivity contribution in [2.75, 3.05) is 0 Å². The SMILES string of the molecule is CC1C(C)C(OC2C(N)C(O)C(C)C(O)C2O)C(O)C(O)C1O. The summed E-state index contributed by atoms with van der Waals surface area (Å²) in [6.07, 6.45) is -9.39. The standard InChI is InChI=1S/C15H29NO7/c1-4-5(2)14(13(22)11(20)9(4)18)23-15-7(16)8(17)6(3)10(19)12(15)21/h4-15,17-22H,16H2,1-3H3. The third kappa shape index (κ3) is 3.14. The van der Waals surface area contributed by atoms with Gasteiger partial charge in [0.25, 0.3) is 0 Å². The van der Waals surface area contributed by atoms with Gasteiger partial charge in [-0.3, -0.25) is 0 Å². The minimum Gasteiger partial charge on any atom is -0.391 e. The number of aliphatic hydroxyl groups excluding tert-OH is 6. The molecule has 0 amide bonds. The van der Waals surface area contributed by atoms with Gasteiger partial charge >= 0.3 is 0 Å². The Morgan fingerprint density at radius 3 is 1.61 bits per heavy atom. The van der Waals surface area contributed by atoms with Gasteiger partial charge in [0.05, 0.1) is 30.5 Å². The van der Waals surface area contributed by atoms with Crippen molar-refractivity contribution in [3.05, 3.63) is 0 Å². The normalized spacial score (nSPS) is 58.2. The fourth-order valence-corrected chi connectivity index (χ4v) is 3.67. The van der Waals surface area contributed by atoms with Crippen molar-refractivity contribution >= 4 is 0 Å². The highest BCUT2D eigenvalue weighted by Crippen LogP contribution is 2.36. The second-order valence-electron chi connectivity index (χ2n) is 7.16. The molecular weight excluding hydrogens is 306 g/mol. The van der Waals surface area contributed by atoms with Gasteiger partial charge < -0.3 is 41.1 Å². The predicted molar refractivity (Wildman–Crippen MR) is 80.2 cm³/mol. The molecule has 136 valence electrons. The van der Waals surface area contributed by atoms with E-state index in [1.807, 2.05) is 0 Å². The summed E-state index contributed by atoms with van der Waals surface area (Å²) in [5.41, 5.74) is 5.93. The first-order valence-corrected chi connectivity index (χ1v) is 8.09. The number of rotatable bonds is 2. The molecule has 2 fully saturated rings. The van der Waals surface area contributed by atoms with Crippen LogP contribution in [0.3, 0.4) is 0 Å².